The summed E-state index contributed by atoms with van der Waals surface area (Å²) in [5.41, 5.74) is 5.39. The third kappa shape index (κ3) is 3.71. The number of nitrogens with one attached hydrogen (secondary N) is 2. The second kappa shape index (κ2) is 7.88. The van der Waals surface area contributed by atoms with Gasteiger partial charge in [0, 0.05) is 46.7 Å². The molecule has 4 aromatic heterocycles. The summed E-state index contributed by atoms with van der Waals surface area (Å²) in [6.45, 7) is 5.74. The Morgan fingerprint density at radius 2 is 1.88 bits per heavy atom. The quantitative estimate of drug-likeness (QED) is 0.378. The van der Waals surface area contributed by atoms with Gasteiger partial charge in [0.1, 0.15) is 11.6 Å². The number of aromatic nitrogens is 5. The monoisotopic (exact) mass is 428 g/mol. The molecule has 1 atom stereocenters. The molecule has 0 saturated carbocycles. The minimum atomic E-state index is -0.410. The van der Waals surface area contributed by atoms with Gasteiger partial charge in [0.05, 0.1) is 24.2 Å². The van der Waals surface area contributed by atoms with Crippen molar-refractivity contribution in [2.75, 3.05) is 5.32 Å². The fourth-order valence-corrected chi connectivity index (χ4v) is 3.72. The first kappa shape index (κ1) is 19.9. The van der Waals surface area contributed by atoms with Crippen molar-refractivity contribution in [1.82, 2.24) is 25.1 Å². The first-order chi connectivity index (χ1) is 15.5. The minimum Gasteiger partial charge on any atom is -0.461 e. The molecule has 0 bridgehead atoms. The average molecular weight is 428 g/mol. The van der Waals surface area contributed by atoms with Crippen molar-refractivity contribution in [3.8, 4) is 22.4 Å². The number of halogens is 1. The van der Waals surface area contributed by atoms with Gasteiger partial charge in [-0.3, -0.25) is 10.1 Å². The molecule has 32 heavy (non-hydrogen) atoms. The van der Waals surface area contributed by atoms with Crippen molar-refractivity contribution in [3.05, 3.63) is 78.1 Å². The van der Waals surface area contributed by atoms with Crippen LogP contribution >= 0.6 is 0 Å². The Morgan fingerprint density at radius 3 is 2.69 bits per heavy atom. The number of rotatable bonds is 5. The van der Waals surface area contributed by atoms with Crippen molar-refractivity contribution >= 4 is 16.8 Å². The molecule has 160 valence electrons. The molecule has 0 radical (unpaired) electrons. The van der Waals surface area contributed by atoms with E-state index in [9.17, 15) is 4.39 Å². The topological polar surface area (TPSA) is 92.5 Å². The van der Waals surface area contributed by atoms with Crippen molar-refractivity contribution < 1.29 is 8.81 Å². The van der Waals surface area contributed by atoms with E-state index in [-0.39, 0.29) is 11.6 Å². The zero-order valence-corrected chi connectivity index (χ0v) is 17.8. The number of fused-ring (bicyclic) bond motifs is 1. The number of benzene rings is 1. The highest BCUT2D eigenvalue weighted by molar-refractivity contribution is 5.86. The number of hydrogen-bond acceptors (Lipinski definition) is 6. The molecule has 0 spiro atoms. The van der Waals surface area contributed by atoms with Crippen molar-refractivity contribution in [2.24, 2.45) is 0 Å². The van der Waals surface area contributed by atoms with Crippen LogP contribution in [0.3, 0.4) is 0 Å². The van der Waals surface area contributed by atoms with E-state index in [2.05, 4.69) is 36.5 Å². The van der Waals surface area contributed by atoms with E-state index in [0.29, 0.717) is 22.9 Å². The Balaban J connectivity index is 1.46. The lowest BCUT2D eigenvalue weighted by atomic mass is 10.1. The molecule has 5 rings (SSSR count). The number of aryl methyl sites for hydroxylation is 2. The number of furan rings is 1. The number of anilines is 1. The van der Waals surface area contributed by atoms with Crippen LogP contribution in [0.15, 0.2) is 59.7 Å². The zero-order valence-electron chi connectivity index (χ0n) is 17.8. The second-order valence-corrected chi connectivity index (χ2v) is 7.80. The highest BCUT2D eigenvalue weighted by Gasteiger charge is 2.14. The average Bonchev–Trinajstić information content (AvgIpc) is 3.44. The molecule has 1 aromatic carbocycles. The van der Waals surface area contributed by atoms with Crippen LogP contribution in [0, 0.1) is 19.7 Å². The van der Waals surface area contributed by atoms with E-state index >= 15 is 0 Å². The van der Waals surface area contributed by atoms with Gasteiger partial charge < -0.3 is 9.73 Å². The van der Waals surface area contributed by atoms with Gasteiger partial charge in [-0.1, -0.05) is 0 Å². The molecule has 0 saturated heterocycles. The summed E-state index contributed by atoms with van der Waals surface area (Å²) < 4.78 is 19.9. The normalized spacial score (nSPS) is 12.2. The van der Waals surface area contributed by atoms with Crippen LogP contribution in [0.25, 0.3) is 33.4 Å². The van der Waals surface area contributed by atoms with Gasteiger partial charge >= 0.3 is 0 Å². The maximum absolute atomic E-state index is 14.6. The van der Waals surface area contributed by atoms with E-state index < -0.39 is 5.82 Å². The number of H-pyrrole nitrogens is 1. The van der Waals surface area contributed by atoms with Gasteiger partial charge in [-0.25, -0.2) is 14.4 Å². The zero-order chi connectivity index (χ0) is 22.2. The van der Waals surface area contributed by atoms with Crippen LogP contribution in [0.1, 0.15) is 29.9 Å². The molecule has 0 amide bonds. The van der Waals surface area contributed by atoms with Crippen LogP contribution in [0.5, 0.6) is 0 Å². The van der Waals surface area contributed by atoms with Crippen LogP contribution in [0.4, 0.5) is 10.2 Å². The highest BCUT2D eigenvalue weighted by atomic mass is 19.1. The predicted molar refractivity (Wildman–Crippen MR) is 121 cm³/mol. The third-order valence-electron chi connectivity index (χ3n) is 5.41. The molecule has 7 nitrogen and oxygen atoms in total. The molecule has 1 unspecified atom stereocenters. The summed E-state index contributed by atoms with van der Waals surface area (Å²) in [7, 11) is 0. The Bertz CT molecular complexity index is 1410. The minimum absolute atomic E-state index is 0.0631. The SMILES string of the molecule is Cc1nc(NC(C)c2cncc(-c3cn[nH]c3)c2)cc(-c2cc(F)c3occ(C)c3c2)n1. The summed E-state index contributed by atoms with van der Waals surface area (Å²) in [5, 5.41) is 11.0. The highest BCUT2D eigenvalue weighted by Crippen LogP contribution is 2.31. The fourth-order valence-electron chi connectivity index (χ4n) is 3.72. The molecule has 2 N–H and O–H groups in total. The lowest BCUT2D eigenvalue weighted by Gasteiger charge is -2.16. The van der Waals surface area contributed by atoms with Crippen LogP contribution in [-0.4, -0.2) is 25.1 Å². The molecule has 4 heterocycles. The van der Waals surface area contributed by atoms with E-state index in [1.54, 1.807) is 18.7 Å². The van der Waals surface area contributed by atoms with Crippen LogP contribution in [0.2, 0.25) is 0 Å². The molecule has 5 aromatic rings. The molecule has 0 fully saturated rings. The Hall–Kier alpha value is -4.07. The molecule has 0 aliphatic heterocycles. The number of nitrogens with zero attached hydrogens (tertiary/aromatic N) is 4. The first-order valence-electron chi connectivity index (χ1n) is 10.2. The summed E-state index contributed by atoms with van der Waals surface area (Å²) in [6, 6.07) is 7.16. The Labute approximate surface area is 183 Å². The molecule has 0 aliphatic rings. The second-order valence-electron chi connectivity index (χ2n) is 7.80. The van der Waals surface area contributed by atoms with Gasteiger partial charge in [0.2, 0.25) is 0 Å². The lowest BCUT2D eigenvalue weighted by molar-refractivity contribution is 0.559. The maximum atomic E-state index is 14.6. The van der Waals surface area contributed by atoms with E-state index in [0.717, 1.165) is 27.6 Å². The molecule has 0 aliphatic carbocycles. The van der Waals surface area contributed by atoms with Crippen molar-refractivity contribution in [3.63, 3.8) is 0 Å². The molecular formula is C24H21FN6O. The van der Waals surface area contributed by atoms with Gasteiger partial charge in [-0.15, -0.1) is 0 Å². The van der Waals surface area contributed by atoms with E-state index in [1.807, 2.05) is 45.3 Å². The summed E-state index contributed by atoms with van der Waals surface area (Å²) >= 11 is 0. The largest absolute Gasteiger partial charge is 0.461 e. The number of hydrogen-bond donors (Lipinski definition) is 2. The van der Waals surface area contributed by atoms with Gasteiger partial charge in [0.15, 0.2) is 11.4 Å². The van der Waals surface area contributed by atoms with Crippen molar-refractivity contribution in [2.45, 2.75) is 26.8 Å². The predicted octanol–water partition coefficient (Wildman–Crippen LogP) is 5.60. The van der Waals surface area contributed by atoms with Gasteiger partial charge in [-0.05, 0) is 50.1 Å². The smallest absolute Gasteiger partial charge is 0.169 e. The summed E-state index contributed by atoms with van der Waals surface area (Å²) in [4.78, 5) is 13.4. The molecular weight excluding hydrogens is 407 g/mol. The van der Waals surface area contributed by atoms with E-state index in [4.69, 9.17) is 4.42 Å². The summed E-state index contributed by atoms with van der Waals surface area (Å²) in [5.74, 6) is 0.830. The van der Waals surface area contributed by atoms with Crippen LogP contribution in [-0.2, 0) is 0 Å². The first-order valence-corrected chi connectivity index (χ1v) is 10.2. The van der Waals surface area contributed by atoms with Crippen LogP contribution < -0.4 is 5.32 Å². The number of aromatic amines is 1. The number of pyridine rings is 1. The van der Waals surface area contributed by atoms with E-state index in [1.165, 1.54) is 6.07 Å². The standard InChI is InChI=1S/C24H21FN6O/c1-13-12-32-24-20(13)5-16(6-21(24)25)22-7-23(31-15(3)30-22)29-14(2)17-4-18(9-26-8-17)19-10-27-28-11-19/h4-12,14H,1-3H3,(H,27,28)(H,29,30,31). The summed E-state index contributed by atoms with van der Waals surface area (Å²) in [6.07, 6.45) is 8.77. The fraction of sp³-hybridized carbons (Fsp3) is 0.167. The van der Waals surface area contributed by atoms with Gasteiger partial charge in [0.25, 0.3) is 0 Å². The Kier molecular flexibility index (Phi) is 4.89. The van der Waals surface area contributed by atoms with Crippen molar-refractivity contribution in [1.29, 1.82) is 0 Å². The molecule has 8 heteroatoms. The Morgan fingerprint density at radius 1 is 1.00 bits per heavy atom. The van der Waals surface area contributed by atoms with Gasteiger partial charge in [-0.2, -0.15) is 5.10 Å². The lowest BCUT2D eigenvalue weighted by Crippen LogP contribution is -2.09. The third-order valence-corrected chi connectivity index (χ3v) is 5.41. The maximum Gasteiger partial charge on any atom is 0.169 e.